The monoisotopic (exact) mass is 379 g/mol. The van der Waals surface area contributed by atoms with E-state index in [1.165, 1.54) is 77.0 Å². The van der Waals surface area contributed by atoms with Crippen LogP contribution in [0.3, 0.4) is 0 Å². The maximum atomic E-state index is 8.95. The Hall–Kier alpha value is -0.130. The van der Waals surface area contributed by atoms with Crippen LogP contribution < -0.4 is 12.4 Å². The van der Waals surface area contributed by atoms with Crippen LogP contribution in [0.25, 0.3) is 0 Å². The van der Waals surface area contributed by atoms with Crippen molar-refractivity contribution in [1.29, 1.82) is 0 Å². The minimum absolute atomic E-state index is 0. The maximum absolute atomic E-state index is 8.95. The Balaban J connectivity index is 0. The predicted molar refractivity (Wildman–Crippen MR) is 99.2 cm³/mol. The first-order valence-electron chi connectivity index (χ1n) is 10.2. The zero-order valence-corrected chi connectivity index (χ0v) is 17.3. The number of allylic oxidation sites excluding steroid dienone is 2. The number of rotatable bonds is 17. The van der Waals surface area contributed by atoms with E-state index in [1.54, 1.807) is 6.92 Å². The zero-order valence-electron chi connectivity index (χ0n) is 16.5. The molecule has 0 aromatic rings. The Morgan fingerprint density at radius 2 is 1.08 bits per heavy atom. The summed E-state index contributed by atoms with van der Waals surface area (Å²) in [5.41, 5.74) is 0. The smallest absolute Gasteiger partial charge is 0.184 e. The first-order chi connectivity index (χ1) is 11.5. The van der Waals surface area contributed by atoms with E-state index in [4.69, 9.17) is 15.6 Å². The van der Waals surface area contributed by atoms with Crippen molar-refractivity contribution in [3.8, 4) is 0 Å². The van der Waals surface area contributed by atoms with Crippen LogP contribution in [0.5, 0.6) is 0 Å². The standard InChI is InChI=1S/C20H42NO3.ClH/c1-3-4-5-6-7-8-9-10-11-12-13-14-15-16-17-18-19-20(2)21(22,23)24;/h10-11,20,22-24H,3-9,12-19H2,1-2H3;1H/q+1;/p-1/b11-10-;. The van der Waals surface area contributed by atoms with Crippen LogP contribution in [0, 0.1) is 0 Å². The molecule has 1 atom stereocenters. The van der Waals surface area contributed by atoms with Gasteiger partial charge in [-0.1, -0.05) is 76.9 Å². The van der Waals surface area contributed by atoms with Gasteiger partial charge in [-0.25, -0.2) is 0 Å². The molecule has 0 aromatic heterocycles. The van der Waals surface area contributed by atoms with Crippen LogP contribution in [0.2, 0.25) is 0 Å². The topological polar surface area (TPSA) is 60.7 Å². The lowest BCUT2D eigenvalue weighted by Gasteiger charge is -2.18. The molecule has 0 saturated carbocycles. The molecule has 0 aromatic carbocycles. The lowest BCUT2D eigenvalue weighted by atomic mass is 10.1. The largest absolute Gasteiger partial charge is 1.00 e. The third-order valence-corrected chi connectivity index (χ3v) is 4.73. The number of unbranched alkanes of at least 4 members (excludes halogenated alkanes) is 12. The van der Waals surface area contributed by atoms with Crippen molar-refractivity contribution in [1.82, 2.24) is 0 Å². The number of hydrogen-bond acceptors (Lipinski definition) is 3. The molecule has 0 saturated heterocycles. The van der Waals surface area contributed by atoms with Crippen molar-refractivity contribution >= 4 is 0 Å². The van der Waals surface area contributed by atoms with Crippen LogP contribution in [-0.2, 0) is 0 Å². The third-order valence-electron chi connectivity index (χ3n) is 4.73. The molecule has 0 rings (SSSR count). The van der Waals surface area contributed by atoms with Crippen molar-refractivity contribution in [3.05, 3.63) is 12.2 Å². The molecular weight excluding hydrogens is 338 g/mol. The molecular formula is C20H42ClNO3. The highest BCUT2D eigenvalue weighted by atomic mass is 35.5. The van der Waals surface area contributed by atoms with E-state index >= 15 is 0 Å². The summed E-state index contributed by atoms with van der Waals surface area (Å²) in [6, 6.07) is -0.540. The van der Waals surface area contributed by atoms with Gasteiger partial charge in [-0.3, -0.25) is 0 Å². The number of quaternary nitrogens is 1. The molecule has 0 radical (unpaired) electrons. The van der Waals surface area contributed by atoms with Crippen molar-refractivity contribution in [2.24, 2.45) is 0 Å². The fraction of sp³-hybridized carbons (Fsp3) is 0.900. The second-order valence-corrected chi connectivity index (χ2v) is 7.19. The van der Waals surface area contributed by atoms with Gasteiger partial charge in [0.1, 0.15) is 0 Å². The van der Waals surface area contributed by atoms with Gasteiger partial charge in [-0.15, -0.1) is 15.6 Å². The van der Waals surface area contributed by atoms with Crippen molar-refractivity contribution < 1.29 is 33.0 Å². The first-order valence-corrected chi connectivity index (χ1v) is 10.2. The number of hydroxylamine groups is 3. The number of nitrogens with zero attached hydrogens (tertiary/aromatic N) is 1. The van der Waals surface area contributed by atoms with Gasteiger partial charge in [-0.05, 0) is 39.0 Å². The molecule has 0 amide bonds. The van der Waals surface area contributed by atoms with Crippen molar-refractivity contribution in [2.75, 3.05) is 0 Å². The van der Waals surface area contributed by atoms with Gasteiger partial charge in [0.05, 0.1) is 4.97 Å². The summed E-state index contributed by atoms with van der Waals surface area (Å²) in [5.74, 6) is 0. The van der Waals surface area contributed by atoms with E-state index in [1.807, 2.05) is 0 Å². The quantitative estimate of drug-likeness (QED) is 0.156. The molecule has 0 heterocycles. The second kappa shape index (κ2) is 18.7. The van der Waals surface area contributed by atoms with Gasteiger partial charge in [0.2, 0.25) is 0 Å². The van der Waals surface area contributed by atoms with E-state index < -0.39 is 11.0 Å². The molecule has 3 N–H and O–H groups in total. The lowest BCUT2D eigenvalue weighted by Crippen LogP contribution is -3.00. The minimum Gasteiger partial charge on any atom is -1.00 e. The molecule has 0 aliphatic carbocycles. The summed E-state index contributed by atoms with van der Waals surface area (Å²) in [4.78, 5) is -1.90. The molecule has 0 bridgehead atoms. The summed E-state index contributed by atoms with van der Waals surface area (Å²) in [7, 11) is 0. The molecule has 0 spiro atoms. The van der Waals surface area contributed by atoms with Gasteiger partial charge in [0.25, 0.3) is 0 Å². The van der Waals surface area contributed by atoms with Gasteiger partial charge < -0.3 is 12.4 Å². The predicted octanol–water partition coefficient (Wildman–Crippen LogP) is 3.79. The molecule has 0 fully saturated rings. The van der Waals surface area contributed by atoms with Gasteiger partial charge in [-0.2, -0.15) is 0 Å². The Morgan fingerprint density at radius 3 is 1.52 bits per heavy atom. The second-order valence-electron chi connectivity index (χ2n) is 7.19. The highest BCUT2D eigenvalue weighted by Crippen LogP contribution is 2.14. The third kappa shape index (κ3) is 20.0. The SMILES string of the molecule is CCCCCCCC/C=C\CCCCCCCCC(C)[N+](O)(O)O.[Cl-]. The first kappa shape index (κ1) is 27.1. The van der Waals surface area contributed by atoms with Gasteiger partial charge >= 0.3 is 0 Å². The Morgan fingerprint density at radius 1 is 0.680 bits per heavy atom. The normalized spacial score (nSPS) is 13.2. The van der Waals surface area contributed by atoms with E-state index in [0.29, 0.717) is 6.42 Å². The van der Waals surface area contributed by atoms with Gasteiger partial charge in [0, 0.05) is 6.42 Å². The average Bonchev–Trinajstić information content (AvgIpc) is 2.53. The Labute approximate surface area is 161 Å². The summed E-state index contributed by atoms with van der Waals surface area (Å²) in [6.45, 7) is 3.90. The molecule has 5 heteroatoms. The van der Waals surface area contributed by atoms with Crippen molar-refractivity contribution in [2.45, 2.75) is 116 Å². The highest BCUT2D eigenvalue weighted by molar-refractivity contribution is 4.81. The van der Waals surface area contributed by atoms with E-state index in [-0.39, 0.29) is 12.4 Å². The summed E-state index contributed by atoms with van der Waals surface area (Å²) >= 11 is 0. The highest BCUT2D eigenvalue weighted by Gasteiger charge is 2.28. The molecule has 0 aliphatic rings. The number of hydrogen-bond donors (Lipinski definition) is 3. The average molecular weight is 380 g/mol. The van der Waals surface area contributed by atoms with Crippen molar-refractivity contribution in [3.63, 3.8) is 0 Å². The molecule has 1 unspecified atom stereocenters. The molecule has 152 valence electrons. The zero-order chi connectivity index (χ0) is 18.1. The summed E-state index contributed by atoms with van der Waals surface area (Å²) in [6.07, 6.45) is 23.0. The Bertz CT molecular complexity index is 293. The maximum Gasteiger partial charge on any atom is 0.184 e. The van der Waals surface area contributed by atoms with Crippen LogP contribution in [0.4, 0.5) is 0 Å². The number of halogens is 1. The fourth-order valence-corrected chi connectivity index (χ4v) is 2.86. The molecule has 4 nitrogen and oxygen atoms in total. The van der Waals surface area contributed by atoms with Crippen LogP contribution in [0.1, 0.15) is 110 Å². The fourth-order valence-electron chi connectivity index (χ4n) is 2.86. The minimum atomic E-state index is -1.90. The van der Waals surface area contributed by atoms with E-state index in [2.05, 4.69) is 19.1 Å². The van der Waals surface area contributed by atoms with E-state index in [9.17, 15) is 0 Å². The summed E-state index contributed by atoms with van der Waals surface area (Å²) in [5, 5.41) is 26.9. The molecule has 0 aliphatic heterocycles. The molecule has 25 heavy (non-hydrogen) atoms. The van der Waals surface area contributed by atoms with E-state index in [0.717, 1.165) is 12.8 Å². The summed E-state index contributed by atoms with van der Waals surface area (Å²) < 4.78 is 0. The van der Waals surface area contributed by atoms with Crippen LogP contribution in [0.15, 0.2) is 12.2 Å². The van der Waals surface area contributed by atoms with Gasteiger partial charge in [0.15, 0.2) is 6.04 Å². The van der Waals surface area contributed by atoms with Crippen LogP contribution >= 0.6 is 0 Å². The Kier molecular flexibility index (Phi) is 20.2. The lowest BCUT2D eigenvalue weighted by molar-refractivity contribution is -1.38. The van der Waals surface area contributed by atoms with Crippen LogP contribution in [-0.4, -0.2) is 26.6 Å².